The second kappa shape index (κ2) is 7.63. The van der Waals surface area contributed by atoms with Crippen LogP contribution in [0.1, 0.15) is 35.7 Å². The highest BCUT2D eigenvalue weighted by molar-refractivity contribution is 5.76. The molecule has 1 atom stereocenters. The molecule has 9 heteroatoms. The minimum atomic E-state index is -0.580. The minimum Gasteiger partial charge on any atom is -0.358 e. The number of nitro groups is 1. The van der Waals surface area contributed by atoms with E-state index in [-0.39, 0.29) is 24.3 Å². The number of rotatable bonds is 6. The Morgan fingerprint density at radius 3 is 2.86 bits per heavy atom. The van der Waals surface area contributed by atoms with Gasteiger partial charge in [0.1, 0.15) is 6.54 Å². The molecule has 28 heavy (non-hydrogen) atoms. The van der Waals surface area contributed by atoms with Crippen molar-refractivity contribution in [3.05, 3.63) is 75.7 Å². The predicted molar refractivity (Wildman–Crippen MR) is 100 cm³/mol. The molecule has 1 aliphatic rings. The van der Waals surface area contributed by atoms with Crippen LogP contribution in [0.2, 0.25) is 0 Å². The van der Waals surface area contributed by atoms with Gasteiger partial charge in [0, 0.05) is 11.3 Å². The molecule has 9 nitrogen and oxygen atoms in total. The smallest absolute Gasteiger partial charge is 0.358 e. The van der Waals surface area contributed by atoms with E-state index in [1.807, 2.05) is 29.1 Å². The Balaban J connectivity index is 1.44. The molecule has 0 saturated carbocycles. The first-order valence-corrected chi connectivity index (χ1v) is 9.16. The van der Waals surface area contributed by atoms with E-state index in [4.69, 9.17) is 0 Å². The maximum absolute atomic E-state index is 12.4. The van der Waals surface area contributed by atoms with E-state index in [9.17, 15) is 14.9 Å². The molecule has 1 unspecified atom stereocenters. The third-order valence-corrected chi connectivity index (χ3v) is 4.89. The summed E-state index contributed by atoms with van der Waals surface area (Å²) in [6.07, 6.45) is 6.00. The Kier molecular flexibility index (Phi) is 4.88. The van der Waals surface area contributed by atoms with Crippen molar-refractivity contribution in [2.24, 2.45) is 0 Å². The Bertz CT molecular complexity index is 994. The van der Waals surface area contributed by atoms with E-state index in [1.54, 1.807) is 0 Å². The lowest BCUT2D eigenvalue weighted by Gasteiger charge is -2.24. The fourth-order valence-electron chi connectivity index (χ4n) is 3.58. The third-order valence-electron chi connectivity index (χ3n) is 4.89. The van der Waals surface area contributed by atoms with Gasteiger partial charge in [-0.3, -0.25) is 9.48 Å². The first-order chi connectivity index (χ1) is 13.6. The summed E-state index contributed by atoms with van der Waals surface area (Å²) in [6, 6.07) is 11.3. The van der Waals surface area contributed by atoms with E-state index in [0.717, 1.165) is 30.5 Å². The average Bonchev–Trinajstić information content (AvgIpc) is 3.31. The molecule has 2 heterocycles. The van der Waals surface area contributed by atoms with Crippen molar-refractivity contribution in [3.63, 3.8) is 0 Å². The van der Waals surface area contributed by atoms with Crippen LogP contribution < -0.4 is 5.32 Å². The topological polar surface area (TPSA) is 108 Å². The van der Waals surface area contributed by atoms with Crippen LogP contribution in [-0.4, -0.2) is 30.4 Å². The third kappa shape index (κ3) is 3.78. The Labute approximate surface area is 161 Å². The molecule has 2 aromatic heterocycles. The maximum atomic E-state index is 12.4. The second-order valence-electron chi connectivity index (χ2n) is 6.83. The van der Waals surface area contributed by atoms with Gasteiger partial charge in [-0.25, -0.2) is 0 Å². The van der Waals surface area contributed by atoms with Crippen molar-refractivity contribution in [2.45, 2.75) is 38.4 Å². The zero-order valence-electron chi connectivity index (χ0n) is 15.2. The Morgan fingerprint density at radius 1 is 1.29 bits per heavy atom. The Hall–Kier alpha value is -3.49. The molecule has 0 fully saturated rings. The molecule has 0 bridgehead atoms. The fraction of sp³-hybridized carbons (Fsp3) is 0.316. The second-order valence-corrected chi connectivity index (χ2v) is 6.83. The number of carbonyl (C=O) groups excluding carboxylic acids is 1. The molecule has 1 amide bonds. The highest BCUT2D eigenvalue weighted by Crippen LogP contribution is 2.30. The summed E-state index contributed by atoms with van der Waals surface area (Å²) in [5.74, 6) is -0.499. The molecule has 1 aromatic carbocycles. The van der Waals surface area contributed by atoms with Gasteiger partial charge in [0.05, 0.1) is 36.1 Å². The molecular weight excluding hydrogens is 360 g/mol. The molecule has 4 rings (SSSR count). The summed E-state index contributed by atoms with van der Waals surface area (Å²) in [5, 5.41) is 22.0. The van der Waals surface area contributed by atoms with Crippen LogP contribution >= 0.6 is 0 Å². The van der Waals surface area contributed by atoms with Crippen LogP contribution in [0.4, 0.5) is 5.82 Å². The summed E-state index contributed by atoms with van der Waals surface area (Å²) in [6.45, 7) is 0.644. The van der Waals surface area contributed by atoms with E-state index in [2.05, 4.69) is 27.6 Å². The first-order valence-electron chi connectivity index (χ1n) is 9.16. The number of carbonyl (C=O) groups is 1. The summed E-state index contributed by atoms with van der Waals surface area (Å²) < 4.78 is 3.27. The summed E-state index contributed by atoms with van der Waals surface area (Å²) in [7, 11) is 0. The van der Waals surface area contributed by atoms with Crippen molar-refractivity contribution >= 4 is 11.7 Å². The normalized spacial score (nSPS) is 15.8. The molecule has 3 aromatic rings. The van der Waals surface area contributed by atoms with Crippen LogP contribution in [0.25, 0.3) is 0 Å². The van der Waals surface area contributed by atoms with Gasteiger partial charge >= 0.3 is 5.82 Å². The van der Waals surface area contributed by atoms with Gasteiger partial charge in [-0.2, -0.15) is 9.78 Å². The number of hydrogen-bond donors (Lipinski definition) is 1. The maximum Gasteiger partial charge on any atom is 0.389 e. The van der Waals surface area contributed by atoms with Crippen molar-refractivity contribution < 1.29 is 9.72 Å². The fourth-order valence-corrected chi connectivity index (χ4v) is 3.58. The number of aromatic nitrogens is 4. The van der Waals surface area contributed by atoms with Crippen LogP contribution in [0.15, 0.2) is 48.8 Å². The standard InChI is InChI=1S/C19H20N6O3/c26-19(13-23-10-9-18(22-23)25(27)28)21-16-7-4-8-17-15(16)11-20-24(17)12-14-5-2-1-3-6-14/h1-3,5-6,9-11,16H,4,7-8,12-13H2,(H,21,26). The van der Waals surface area contributed by atoms with Gasteiger partial charge in [0.15, 0.2) is 0 Å². The SMILES string of the molecule is O=C(Cn1ccc([N+](=O)[O-])n1)NC1CCCc2c1cnn2Cc1ccccc1. The molecule has 0 spiro atoms. The van der Waals surface area contributed by atoms with Gasteiger partial charge in [-0.1, -0.05) is 30.3 Å². The van der Waals surface area contributed by atoms with Crippen LogP contribution in [0.3, 0.4) is 0 Å². The van der Waals surface area contributed by atoms with Gasteiger partial charge in [0.25, 0.3) is 0 Å². The summed E-state index contributed by atoms with van der Waals surface area (Å²) in [4.78, 5) is 22.5. The Morgan fingerprint density at radius 2 is 2.11 bits per heavy atom. The van der Waals surface area contributed by atoms with E-state index >= 15 is 0 Å². The summed E-state index contributed by atoms with van der Waals surface area (Å²) >= 11 is 0. The molecule has 0 saturated heterocycles. The highest BCUT2D eigenvalue weighted by Gasteiger charge is 2.26. The van der Waals surface area contributed by atoms with E-state index in [1.165, 1.54) is 22.5 Å². The highest BCUT2D eigenvalue weighted by atomic mass is 16.6. The number of nitrogens with zero attached hydrogens (tertiary/aromatic N) is 5. The summed E-state index contributed by atoms with van der Waals surface area (Å²) in [5.41, 5.74) is 3.37. The van der Waals surface area contributed by atoms with Crippen LogP contribution in [0, 0.1) is 10.1 Å². The molecule has 144 valence electrons. The van der Waals surface area contributed by atoms with Gasteiger partial charge in [0.2, 0.25) is 5.91 Å². The molecule has 0 aliphatic heterocycles. The zero-order chi connectivity index (χ0) is 19.5. The largest absolute Gasteiger partial charge is 0.389 e. The monoisotopic (exact) mass is 380 g/mol. The number of hydrogen-bond acceptors (Lipinski definition) is 5. The van der Waals surface area contributed by atoms with Crippen LogP contribution in [-0.2, 0) is 24.3 Å². The average molecular weight is 380 g/mol. The molecule has 1 N–H and O–H groups in total. The number of amides is 1. The number of fused-ring (bicyclic) bond motifs is 1. The van der Waals surface area contributed by atoms with Crippen LogP contribution in [0.5, 0.6) is 0 Å². The van der Waals surface area contributed by atoms with Gasteiger partial charge < -0.3 is 15.4 Å². The minimum absolute atomic E-state index is 0.0577. The lowest BCUT2D eigenvalue weighted by molar-refractivity contribution is -0.389. The molecule has 1 aliphatic carbocycles. The van der Waals surface area contributed by atoms with E-state index < -0.39 is 4.92 Å². The quantitative estimate of drug-likeness (QED) is 0.521. The van der Waals surface area contributed by atoms with Gasteiger partial charge in [-0.05, 0) is 29.7 Å². The van der Waals surface area contributed by atoms with Crippen molar-refractivity contribution in [1.82, 2.24) is 24.9 Å². The lowest BCUT2D eigenvalue weighted by atomic mass is 9.93. The van der Waals surface area contributed by atoms with Crippen molar-refractivity contribution in [1.29, 1.82) is 0 Å². The lowest BCUT2D eigenvalue weighted by Crippen LogP contribution is -2.33. The first kappa shape index (κ1) is 17.9. The van der Waals surface area contributed by atoms with Crippen molar-refractivity contribution in [2.75, 3.05) is 0 Å². The molecule has 0 radical (unpaired) electrons. The van der Waals surface area contributed by atoms with E-state index in [0.29, 0.717) is 6.54 Å². The number of nitrogens with one attached hydrogen (secondary N) is 1. The zero-order valence-corrected chi connectivity index (χ0v) is 15.2. The predicted octanol–water partition coefficient (Wildman–Crippen LogP) is 2.23. The van der Waals surface area contributed by atoms with Gasteiger partial charge in [-0.15, -0.1) is 0 Å². The van der Waals surface area contributed by atoms with Crippen molar-refractivity contribution in [3.8, 4) is 0 Å². The molecular formula is C19H20N6O3. The number of benzene rings is 1.